The zero-order valence-corrected chi connectivity index (χ0v) is 12.2. The lowest BCUT2D eigenvalue weighted by Gasteiger charge is -2.40. The number of esters is 1. The molecule has 0 aliphatic carbocycles. The summed E-state index contributed by atoms with van der Waals surface area (Å²) in [6.07, 6.45) is -3.79. The summed E-state index contributed by atoms with van der Waals surface area (Å²) in [5.41, 5.74) is -0.883. The Kier molecular flexibility index (Phi) is 4.81. The maximum atomic E-state index is 12.6. The van der Waals surface area contributed by atoms with E-state index < -0.39 is 29.6 Å². The van der Waals surface area contributed by atoms with E-state index >= 15 is 0 Å². The lowest BCUT2D eigenvalue weighted by atomic mass is 10.1. The number of hydrogen-bond donors (Lipinski definition) is 0. The summed E-state index contributed by atoms with van der Waals surface area (Å²) in [5, 5.41) is 0. The molecule has 2 radical (unpaired) electrons. The Hall–Kier alpha value is -2.26. The molecular weight excluding hydrogens is 314 g/mol. The van der Waals surface area contributed by atoms with E-state index in [-0.39, 0.29) is 25.5 Å². The third-order valence-electron chi connectivity index (χ3n) is 3.53. The molecule has 0 saturated carbocycles. The van der Waals surface area contributed by atoms with Crippen LogP contribution in [0.5, 0.6) is 0 Å². The minimum Gasteiger partial charge on any atom is -0.467 e. The normalized spacial score (nSPS) is 18.7. The van der Waals surface area contributed by atoms with Gasteiger partial charge < -0.3 is 14.5 Å². The molecule has 0 N–H and O–H groups in total. The van der Waals surface area contributed by atoms with Gasteiger partial charge in [-0.25, -0.2) is 9.78 Å². The second kappa shape index (κ2) is 6.47. The molecule has 1 fully saturated rings. The van der Waals surface area contributed by atoms with Crippen LogP contribution in [-0.4, -0.2) is 62.3 Å². The van der Waals surface area contributed by atoms with Crippen molar-refractivity contribution in [3.05, 3.63) is 23.9 Å². The van der Waals surface area contributed by atoms with Crippen molar-refractivity contribution in [1.82, 2.24) is 9.88 Å². The lowest BCUT2D eigenvalue weighted by Crippen LogP contribution is -2.58. The van der Waals surface area contributed by atoms with E-state index in [2.05, 4.69) is 9.72 Å². The molecule has 2 heterocycles. The Labute approximate surface area is 131 Å². The monoisotopic (exact) mass is 327 g/mol. The Morgan fingerprint density at radius 2 is 2.04 bits per heavy atom. The third kappa shape index (κ3) is 3.75. The van der Waals surface area contributed by atoms with Gasteiger partial charge in [-0.15, -0.1) is 0 Å². The number of methoxy groups -OCH3 is 1. The number of rotatable bonds is 2. The van der Waals surface area contributed by atoms with Crippen molar-refractivity contribution in [2.45, 2.75) is 12.2 Å². The van der Waals surface area contributed by atoms with E-state index in [1.54, 1.807) is 0 Å². The van der Waals surface area contributed by atoms with Crippen molar-refractivity contribution in [1.29, 1.82) is 0 Å². The van der Waals surface area contributed by atoms with Crippen LogP contribution in [0.25, 0.3) is 0 Å². The highest BCUT2D eigenvalue weighted by molar-refractivity contribution is 6.56. The van der Waals surface area contributed by atoms with Crippen molar-refractivity contribution >= 4 is 25.4 Å². The molecule has 6 nitrogen and oxygen atoms in total. The van der Waals surface area contributed by atoms with E-state index in [0.29, 0.717) is 6.20 Å². The van der Waals surface area contributed by atoms with E-state index in [1.165, 1.54) is 23.0 Å². The van der Waals surface area contributed by atoms with Crippen molar-refractivity contribution in [3.8, 4) is 0 Å². The molecule has 1 saturated heterocycles. The number of alkyl halides is 3. The van der Waals surface area contributed by atoms with Crippen molar-refractivity contribution in [2.24, 2.45) is 0 Å². The van der Waals surface area contributed by atoms with Gasteiger partial charge in [0, 0.05) is 19.3 Å². The number of amides is 1. The van der Waals surface area contributed by atoms with Crippen LogP contribution >= 0.6 is 0 Å². The highest BCUT2D eigenvalue weighted by Gasteiger charge is 2.36. The molecule has 0 spiro atoms. The fourth-order valence-corrected chi connectivity index (χ4v) is 2.32. The van der Waals surface area contributed by atoms with Gasteiger partial charge in [0.25, 0.3) is 0 Å². The Morgan fingerprint density at radius 3 is 2.52 bits per heavy atom. The van der Waals surface area contributed by atoms with Gasteiger partial charge in [0.2, 0.25) is 7.85 Å². The molecule has 10 heteroatoms. The Bertz CT molecular complexity index is 594. The van der Waals surface area contributed by atoms with Crippen LogP contribution in [0, 0.1) is 0 Å². The van der Waals surface area contributed by atoms with E-state index in [0.717, 1.165) is 6.07 Å². The minimum absolute atomic E-state index is 0.0231. The van der Waals surface area contributed by atoms with Crippen molar-refractivity contribution < 1.29 is 27.5 Å². The zero-order chi connectivity index (χ0) is 17.2. The molecule has 2 rings (SSSR count). The summed E-state index contributed by atoms with van der Waals surface area (Å²) >= 11 is 0. The van der Waals surface area contributed by atoms with Gasteiger partial charge in [-0.05, 0) is 12.1 Å². The van der Waals surface area contributed by atoms with Gasteiger partial charge in [-0.3, -0.25) is 4.79 Å². The first-order valence-electron chi connectivity index (χ1n) is 6.66. The predicted octanol–water partition coefficient (Wildman–Crippen LogP) is 1.05. The van der Waals surface area contributed by atoms with Crippen LogP contribution in [0.4, 0.5) is 23.8 Å². The molecule has 0 aromatic carbocycles. The zero-order valence-electron chi connectivity index (χ0n) is 12.2. The van der Waals surface area contributed by atoms with E-state index in [4.69, 9.17) is 7.85 Å². The minimum atomic E-state index is -4.49. The number of anilines is 1. The number of halogens is 3. The second-order valence-corrected chi connectivity index (χ2v) is 4.92. The number of carbonyl (C=O) groups is 2. The molecule has 1 aliphatic rings. The van der Waals surface area contributed by atoms with Crippen LogP contribution in [0.3, 0.4) is 0 Å². The SMILES string of the molecule is [B]C(=O)N1CCN(c2ccc(C(F)(F)F)cn2)[C@@H](C(=O)OC)C1. The van der Waals surface area contributed by atoms with Gasteiger partial charge in [0.15, 0.2) is 5.81 Å². The molecule has 1 amide bonds. The largest absolute Gasteiger partial charge is 0.467 e. The molecule has 1 aromatic rings. The smallest absolute Gasteiger partial charge is 0.417 e. The highest BCUT2D eigenvalue weighted by Crippen LogP contribution is 2.30. The van der Waals surface area contributed by atoms with Crippen molar-refractivity contribution in [2.75, 3.05) is 31.6 Å². The summed E-state index contributed by atoms with van der Waals surface area (Å²) in [5.74, 6) is -1.12. The van der Waals surface area contributed by atoms with Crippen LogP contribution in [0.15, 0.2) is 18.3 Å². The fraction of sp³-hybridized carbons (Fsp3) is 0.462. The first kappa shape index (κ1) is 17.1. The molecule has 122 valence electrons. The molecule has 1 atom stereocenters. The van der Waals surface area contributed by atoms with Crippen LogP contribution in [0.2, 0.25) is 0 Å². The van der Waals surface area contributed by atoms with Gasteiger partial charge >= 0.3 is 12.1 Å². The fourth-order valence-electron chi connectivity index (χ4n) is 2.32. The predicted molar refractivity (Wildman–Crippen MR) is 75.1 cm³/mol. The Balaban J connectivity index is 2.25. The lowest BCUT2D eigenvalue weighted by molar-refractivity contribution is -0.143. The highest BCUT2D eigenvalue weighted by atomic mass is 19.4. The first-order chi connectivity index (χ1) is 10.7. The molecule has 0 unspecified atom stereocenters. The van der Waals surface area contributed by atoms with Gasteiger partial charge in [0.05, 0.1) is 19.2 Å². The molecule has 1 aliphatic heterocycles. The quantitative estimate of drug-likeness (QED) is 0.600. The standard InChI is InChI=1S/C13H13BF3N3O3/c1-23-11(21)9-7-19(12(14)22)4-5-20(9)10-3-2-8(6-18-10)13(15,16)17/h2-3,6,9H,4-5,7H2,1H3/t9-/m1/s1. The molecule has 1 aromatic heterocycles. The number of pyridine rings is 1. The summed E-state index contributed by atoms with van der Waals surface area (Å²) in [6, 6.07) is 1.18. The molecular formula is C13H13BF3N3O3. The van der Waals surface area contributed by atoms with Crippen LogP contribution < -0.4 is 4.90 Å². The van der Waals surface area contributed by atoms with Gasteiger partial charge in [-0.1, -0.05) is 0 Å². The van der Waals surface area contributed by atoms with Crippen LogP contribution in [-0.2, 0) is 15.7 Å². The van der Waals surface area contributed by atoms with Gasteiger partial charge in [0.1, 0.15) is 11.9 Å². The first-order valence-corrected chi connectivity index (χ1v) is 6.66. The number of carbonyl (C=O) groups excluding carboxylic acids is 2. The second-order valence-electron chi connectivity index (χ2n) is 4.92. The van der Waals surface area contributed by atoms with Crippen molar-refractivity contribution in [3.63, 3.8) is 0 Å². The average molecular weight is 327 g/mol. The molecule has 0 bridgehead atoms. The summed E-state index contributed by atoms with van der Waals surface area (Å²) < 4.78 is 42.4. The Morgan fingerprint density at radius 1 is 1.35 bits per heavy atom. The van der Waals surface area contributed by atoms with E-state index in [1.807, 2.05) is 0 Å². The third-order valence-corrected chi connectivity index (χ3v) is 3.53. The van der Waals surface area contributed by atoms with Gasteiger partial charge in [-0.2, -0.15) is 13.2 Å². The average Bonchev–Trinajstić information content (AvgIpc) is 2.52. The summed E-state index contributed by atoms with van der Waals surface area (Å²) in [7, 11) is 6.38. The van der Waals surface area contributed by atoms with E-state index in [9.17, 15) is 22.8 Å². The number of nitrogens with zero attached hydrogens (tertiary/aromatic N) is 3. The summed E-state index contributed by atoms with van der Waals surface area (Å²) in [4.78, 5) is 29.7. The maximum absolute atomic E-state index is 12.6. The molecule has 23 heavy (non-hydrogen) atoms. The maximum Gasteiger partial charge on any atom is 0.417 e. The number of ether oxygens (including phenoxy) is 1. The number of piperazine rings is 1. The topological polar surface area (TPSA) is 62.7 Å². The number of aromatic nitrogens is 1. The summed E-state index contributed by atoms with van der Waals surface area (Å²) in [6.45, 7) is 0.400. The number of hydrogen-bond acceptors (Lipinski definition) is 5. The van der Waals surface area contributed by atoms with Crippen LogP contribution in [0.1, 0.15) is 5.56 Å².